The van der Waals surface area contributed by atoms with E-state index >= 15 is 0 Å². The lowest BCUT2D eigenvalue weighted by atomic mass is 10.2. The summed E-state index contributed by atoms with van der Waals surface area (Å²) >= 11 is 0. The smallest absolute Gasteiger partial charge is 0.330 e. The van der Waals surface area contributed by atoms with E-state index in [1.165, 1.54) is 13.8 Å². The number of rotatable bonds is 9. The molecule has 0 aromatic rings. The number of primary amides is 1. The number of nitrogens with two attached hydrogens (primary N) is 1. The molecule has 14 nitrogen and oxygen atoms in total. The van der Waals surface area contributed by atoms with Crippen LogP contribution < -0.4 is 27.1 Å². The van der Waals surface area contributed by atoms with Crippen LogP contribution in [-0.4, -0.2) is 97.0 Å². The number of esters is 1. The minimum atomic E-state index is -1.13. The first kappa shape index (κ1) is 27.4. The Morgan fingerprint density at radius 2 is 1.64 bits per heavy atom. The molecule has 0 bridgehead atoms. The van der Waals surface area contributed by atoms with Crippen molar-refractivity contribution in [1.82, 2.24) is 31.3 Å². The zero-order chi connectivity index (χ0) is 25.0. The molecule has 0 spiro atoms. The minimum Gasteiger partial charge on any atom is -0.463 e. The summed E-state index contributed by atoms with van der Waals surface area (Å²) in [6.45, 7) is 6.14. The minimum absolute atomic E-state index is 0.102. The van der Waals surface area contributed by atoms with Crippen LogP contribution in [0.15, 0.2) is 12.2 Å². The van der Waals surface area contributed by atoms with E-state index in [1.807, 2.05) is 0 Å². The van der Waals surface area contributed by atoms with Crippen LogP contribution in [0.3, 0.4) is 0 Å². The molecular formula is C19H31N7O7. The van der Waals surface area contributed by atoms with Crippen molar-refractivity contribution < 1.29 is 33.5 Å². The number of ether oxygens (including phenoxy) is 1. The Morgan fingerprint density at radius 3 is 2.21 bits per heavy atom. The van der Waals surface area contributed by atoms with Crippen LogP contribution in [0.2, 0.25) is 0 Å². The van der Waals surface area contributed by atoms with Crippen molar-refractivity contribution in [1.29, 1.82) is 0 Å². The standard InChI is InChI=1S/C19H31N7O7/c1-4-33-16(29)6-5-15(28)26(11-14(20)27)24-18(31)13(3)22-17(30)12(2)23-19(32)25-9-7-21-8-10-25/h5-6,12-13,21H,4,7-11H2,1-3H3,(H2,20,27)(H,22,30)(H,23,32)(H,24,31)/b6-5+/t12-,13-/m0/s1. The maximum absolute atomic E-state index is 12.4. The Hall–Kier alpha value is -3.68. The quantitative estimate of drug-likeness (QED) is 0.134. The fraction of sp³-hybridized carbons (Fsp3) is 0.579. The molecule has 1 rings (SSSR count). The van der Waals surface area contributed by atoms with Crippen LogP contribution >= 0.6 is 0 Å². The number of nitrogens with one attached hydrogen (secondary N) is 4. The van der Waals surface area contributed by atoms with Gasteiger partial charge in [0.1, 0.15) is 18.6 Å². The molecule has 1 heterocycles. The van der Waals surface area contributed by atoms with E-state index in [0.717, 1.165) is 12.2 Å². The lowest BCUT2D eigenvalue weighted by molar-refractivity contribution is -0.142. The molecule has 14 heteroatoms. The van der Waals surface area contributed by atoms with E-state index in [9.17, 15) is 28.8 Å². The van der Waals surface area contributed by atoms with Gasteiger partial charge in [-0.25, -0.2) is 14.6 Å². The molecular weight excluding hydrogens is 438 g/mol. The van der Waals surface area contributed by atoms with Crippen LogP contribution in [0.25, 0.3) is 0 Å². The van der Waals surface area contributed by atoms with E-state index in [2.05, 4.69) is 26.1 Å². The molecule has 33 heavy (non-hydrogen) atoms. The topological polar surface area (TPSA) is 192 Å². The largest absolute Gasteiger partial charge is 0.463 e. The van der Waals surface area contributed by atoms with Gasteiger partial charge in [0.25, 0.3) is 11.8 Å². The summed E-state index contributed by atoms with van der Waals surface area (Å²) in [5.41, 5.74) is 7.26. The Bertz CT molecular complexity index is 780. The third-order valence-electron chi connectivity index (χ3n) is 4.36. The highest BCUT2D eigenvalue weighted by molar-refractivity contribution is 5.98. The van der Waals surface area contributed by atoms with Crippen LogP contribution in [0.5, 0.6) is 0 Å². The molecule has 0 unspecified atom stereocenters. The highest BCUT2D eigenvalue weighted by Gasteiger charge is 2.25. The Kier molecular flexibility index (Phi) is 11.3. The van der Waals surface area contributed by atoms with E-state index in [0.29, 0.717) is 31.2 Å². The van der Waals surface area contributed by atoms with Gasteiger partial charge in [-0.2, -0.15) is 0 Å². The number of amides is 6. The molecule has 0 aromatic heterocycles. The molecule has 6 amide bonds. The number of carbonyl (C=O) groups excluding carboxylic acids is 6. The summed E-state index contributed by atoms with van der Waals surface area (Å²) < 4.78 is 4.65. The van der Waals surface area contributed by atoms with E-state index in [-0.39, 0.29) is 6.61 Å². The van der Waals surface area contributed by atoms with Crippen molar-refractivity contribution in [2.75, 3.05) is 39.3 Å². The fourth-order valence-corrected chi connectivity index (χ4v) is 2.59. The van der Waals surface area contributed by atoms with E-state index in [4.69, 9.17) is 5.73 Å². The number of hydrazine groups is 1. The molecule has 0 saturated carbocycles. The van der Waals surface area contributed by atoms with Gasteiger partial charge < -0.3 is 31.3 Å². The van der Waals surface area contributed by atoms with E-state index in [1.54, 1.807) is 11.8 Å². The summed E-state index contributed by atoms with van der Waals surface area (Å²) in [5, 5.41) is 8.67. The third-order valence-corrected chi connectivity index (χ3v) is 4.36. The monoisotopic (exact) mass is 469 g/mol. The average Bonchev–Trinajstić information content (AvgIpc) is 2.77. The van der Waals surface area contributed by atoms with Crippen LogP contribution in [0.1, 0.15) is 20.8 Å². The van der Waals surface area contributed by atoms with Crippen molar-refractivity contribution in [3.63, 3.8) is 0 Å². The van der Waals surface area contributed by atoms with Crippen molar-refractivity contribution in [3.05, 3.63) is 12.2 Å². The summed E-state index contributed by atoms with van der Waals surface area (Å²) in [6, 6.07) is -2.46. The lowest BCUT2D eigenvalue weighted by Gasteiger charge is -2.29. The number of carbonyl (C=O) groups is 6. The van der Waals surface area contributed by atoms with Crippen LogP contribution in [0.4, 0.5) is 4.79 Å². The zero-order valence-corrected chi connectivity index (χ0v) is 18.9. The second-order valence-electron chi connectivity index (χ2n) is 7.09. The van der Waals surface area contributed by atoms with Crippen molar-refractivity contribution in [3.8, 4) is 0 Å². The van der Waals surface area contributed by atoms with Gasteiger partial charge in [-0.05, 0) is 20.8 Å². The first-order valence-corrected chi connectivity index (χ1v) is 10.4. The Labute approximate surface area is 191 Å². The summed E-state index contributed by atoms with van der Waals surface area (Å²) in [6.07, 6.45) is 1.64. The van der Waals surface area contributed by atoms with E-state index < -0.39 is 54.3 Å². The number of piperazine rings is 1. The molecule has 6 N–H and O–H groups in total. The van der Waals surface area contributed by atoms with Gasteiger partial charge in [0, 0.05) is 38.3 Å². The fourth-order valence-electron chi connectivity index (χ4n) is 2.59. The summed E-state index contributed by atoms with van der Waals surface area (Å²) in [7, 11) is 0. The predicted molar refractivity (Wildman–Crippen MR) is 115 cm³/mol. The second kappa shape index (κ2) is 13.7. The maximum Gasteiger partial charge on any atom is 0.330 e. The van der Waals surface area contributed by atoms with Crippen LogP contribution in [0, 0.1) is 0 Å². The second-order valence-corrected chi connectivity index (χ2v) is 7.09. The zero-order valence-electron chi connectivity index (χ0n) is 18.9. The lowest BCUT2D eigenvalue weighted by Crippen LogP contribution is -2.58. The van der Waals surface area contributed by atoms with Gasteiger partial charge in [-0.1, -0.05) is 0 Å². The first-order chi connectivity index (χ1) is 15.5. The predicted octanol–water partition coefficient (Wildman–Crippen LogP) is -3.04. The molecule has 0 aromatic carbocycles. The number of hydrogen-bond donors (Lipinski definition) is 5. The van der Waals surface area contributed by atoms with Crippen molar-refractivity contribution >= 4 is 35.6 Å². The molecule has 1 fully saturated rings. The highest BCUT2D eigenvalue weighted by Crippen LogP contribution is 1.96. The first-order valence-electron chi connectivity index (χ1n) is 10.4. The van der Waals surface area contributed by atoms with Crippen molar-refractivity contribution in [2.24, 2.45) is 5.73 Å². The molecule has 2 atom stereocenters. The van der Waals surface area contributed by atoms with Gasteiger partial charge in [0.15, 0.2) is 0 Å². The molecule has 1 saturated heterocycles. The number of hydrogen-bond acceptors (Lipinski definition) is 8. The van der Waals surface area contributed by atoms with Crippen molar-refractivity contribution in [2.45, 2.75) is 32.9 Å². The third kappa shape index (κ3) is 9.99. The average molecular weight is 469 g/mol. The highest BCUT2D eigenvalue weighted by atomic mass is 16.5. The molecule has 0 aliphatic carbocycles. The molecule has 0 radical (unpaired) electrons. The van der Waals surface area contributed by atoms with Crippen LogP contribution in [-0.2, 0) is 28.7 Å². The summed E-state index contributed by atoms with van der Waals surface area (Å²) in [5.74, 6) is -4.08. The van der Waals surface area contributed by atoms with Gasteiger partial charge in [0.05, 0.1) is 6.61 Å². The normalized spacial score (nSPS) is 15.2. The number of urea groups is 1. The van der Waals surface area contributed by atoms with Gasteiger partial charge >= 0.3 is 12.0 Å². The maximum atomic E-state index is 12.4. The van der Waals surface area contributed by atoms with Gasteiger partial charge in [0.2, 0.25) is 11.8 Å². The SMILES string of the molecule is CCOC(=O)/C=C/C(=O)N(CC(N)=O)NC(=O)[C@H](C)NC(=O)[C@H](C)NC(=O)N1CCNCC1. The summed E-state index contributed by atoms with van der Waals surface area (Å²) in [4.78, 5) is 73.4. The molecule has 184 valence electrons. The molecule has 1 aliphatic heterocycles. The van der Waals surface area contributed by atoms with Gasteiger partial charge in [-0.15, -0.1) is 0 Å². The Morgan fingerprint density at radius 1 is 1.03 bits per heavy atom. The molecule has 1 aliphatic rings. The Balaban J connectivity index is 2.64. The number of nitrogens with zero attached hydrogens (tertiary/aromatic N) is 2. The van der Waals surface area contributed by atoms with Gasteiger partial charge in [-0.3, -0.25) is 24.6 Å².